The third kappa shape index (κ3) is 3.92. The van der Waals surface area contributed by atoms with Crippen molar-refractivity contribution in [1.29, 1.82) is 0 Å². The van der Waals surface area contributed by atoms with Crippen LogP contribution >= 0.6 is 31.9 Å². The summed E-state index contributed by atoms with van der Waals surface area (Å²) in [4.78, 5) is 24.0. The first-order valence-electron chi connectivity index (χ1n) is 6.10. The summed E-state index contributed by atoms with van der Waals surface area (Å²) < 4.78 is 1.49. The number of halogens is 2. The van der Waals surface area contributed by atoms with E-state index in [4.69, 9.17) is 0 Å². The van der Waals surface area contributed by atoms with Crippen molar-refractivity contribution in [2.24, 2.45) is 0 Å². The summed E-state index contributed by atoms with van der Waals surface area (Å²) in [6.07, 6.45) is 0. The van der Waals surface area contributed by atoms with E-state index in [-0.39, 0.29) is 5.91 Å². The molecule has 2 N–H and O–H groups in total. The van der Waals surface area contributed by atoms with Crippen molar-refractivity contribution in [1.82, 2.24) is 10.9 Å². The number of benzene rings is 2. The summed E-state index contributed by atoms with van der Waals surface area (Å²) in [6, 6.07) is 12.3. The summed E-state index contributed by atoms with van der Waals surface area (Å²) in [5.74, 6) is -0.744. The van der Waals surface area contributed by atoms with Crippen LogP contribution in [0.15, 0.2) is 51.4 Å². The summed E-state index contributed by atoms with van der Waals surface area (Å²) in [5, 5.41) is 0. The molecule has 4 nitrogen and oxygen atoms in total. The molecular weight excluding hydrogens is 400 g/mol. The molecule has 2 rings (SSSR count). The van der Waals surface area contributed by atoms with E-state index in [0.29, 0.717) is 15.6 Å². The molecule has 0 aromatic heterocycles. The Hall–Kier alpha value is -1.66. The summed E-state index contributed by atoms with van der Waals surface area (Å²) in [6.45, 7) is 1.84. The lowest BCUT2D eigenvalue weighted by Gasteiger charge is -2.10. The third-order valence-electron chi connectivity index (χ3n) is 2.86. The van der Waals surface area contributed by atoms with Crippen molar-refractivity contribution in [2.75, 3.05) is 0 Å². The minimum atomic E-state index is -0.392. The highest BCUT2D eigenvalue weighted by Crippen LogP contribution is 2.21. The van der Waals surface area contributed by atoms with E-state index < -0.39 is 5.91 Å². The first kappa shape index (κ1) is 15.7. The fourth-order valence-corrected chi connectivity index (χ4v) is 2.98. The summed E-state index contributed by atoms with van der Waals surface area (Å²) in [7, 11) is 0. The SMILES string of the molecule is Cc1ccccc1C(=O)NNC(=O)c1ccc(Br)cc1Br. The molecule has 0 bridgehead atoms. The van der Waals surface area contributed by atoms with E-state index >= 15 is 0 Å². The fourth-order valence-electron chi connectivity index (χ4n) is 1.75. The summed E-state index contributed by atoms with van der Waals surface area (Å²) >= 11 is 6.62. The quantitative estimate of drug-likeness (QED) is 0.741. The molecule has 0 aliphatic heterocycles. The molecule has 0 unspecified atom stereocenters. The highest BCUT2D eigenvalue weighted by Gasteiger charge is 2.13. The van der Waals surface area contributed by atoms with Crippen LogP contribution in [0.2, 0.25) is 0 Å². The maximum atomic E-state index is 12.0. The zero-order valence-corrected chi connectivity index (χ0v) is 14.3. The van der Waals surface area contributed by atoms with Gasteiger partial charge in [0.1, 0.15) is 0 Å². The minimum Gasteiger partial charge on any atom is -0.267 e. The number of hydrogen-bond donors (Lipinski definition) is 2. The molecule has 108 valence electrons. The highest BCUT2D eigenvalue weighted by molar-refractivity contribution is 9.11. The van der Waals surface area contributed by atoms with Crippen molar-refractivity contribution < 1.29 is 9.59 Å². The molecule has 0 aliphatic carbocycles. The van der Waals surface area contributed by atoms with Gasteiger partial charge in [0.15, 0.2) is 0 Å². The average Bonchev–Trinajstić information content (AvgIpc) is 2.45. The Kier molecular flexibility index (Phi) is 5.14. The standard InChI is InChI=1S/C15H12Br2N2O2/c1-9-4-2-3-5-11(9)14(20)18-19-15(21)12-7-6-10(16)8-13(12)17/h2-8H,1H3,(H,18,20)(H,19,21). The topological polar surface area (TPSA) is 58.2 Å². The lowest BCUT2D eigenvalue weighted by atomic mass is 10.1. The van der Waals surface area contributed by atoms with E-state index in [1.165, 1.54) is 0 Å². The van der Waals surface area contributed by atoms with Gasteiger partial charge in [-0.2, -0.15) is 0 Å². The molecule has 0 radical (unpaired) electrons. The number of carbonyl (C=O) groups is 2. The van der Waals surface area contributed by atoms with Gasteiger partial charge in [-0.3, -0.25) is 20.4 Å². The molecule has 2 aromatic carbocycles. The van der Waals surface area contributed by atoms with Gasteiger partial charge in [-0.05, 0) is 52.7 Å². The van der Waals surface area contributed by atoms with Gasteiger partial charge in [-0.15, -0.1) is 0 Å². The average molecular weight is 412 g/mol. The Morgan fingerprint density at radius 2 is 1.52 bits per heavy atom. The van der Waals surface area contributed by atoms with Crippen LogP contribution < -0.4 is 10.9 Å². The molecule has 0 aliphatic rings. The van der Waals surface area contributed by atoms with Gasteiger partial charge in [-0.1, -0.05) is 34.1 Å². The first-order valence-corrected chi connectivity index (χ1v) is 7.69. The molecule has 6 heteroatoms. The van der Waals surface area contributed by atoms with Gasteiger partial charge in [0, 0.05) is 14.5 Å². The van der Waals surface area contributed by atoms with E-state index in [2.05, 4.69) is 42.7 Å². The Morgan fingerprint density at radius 3 is 2.14 bits per heavy atom. The second-order valence-electron chi connectivity index (χ2n) is 4.35. The zero-order chi connectivity index (χ0) is 15.4. The Bertz CT molecular complexity index is 702. The first-order chi connectivity index (χ1) is 9.99. The monoisotopic (exact) mass is 410 g/mol. The Morgan fingerprint density at radius 1 is 0.905 bits per heavy atom. The van der Waals surface area contributed by atoms with Crippen LogP contribution in [0.4, 0.5) is 0 Å². The molecule has 0 heterocycles. The minimum absolute atomic E-state index is 0.352. The molecule has 2 amide bonds. The van der Waals surface area contributed by atoms with Crippen molar-refractivity contribution in [3.05, 3.63) is 68.1 Å². The van der Waals surface area contributed by atoms with Gasteiger partial charge in [0.25, 0.3) is 11.8 Å². The second-order valence-corrected chi connectivity index (χ2v) is 6.12. The molecular formula is C15H12Br2N2O2. The predicted molar refractivity (Wildman–Crippen MR) is 88.0 cm³/mol. The van der Waals surface area contributed by atoms with Gasteiger partial charge < -0.3 is 0 Å². The number of amides is 2. The van der Waals surface area contributed by atoms with Gasteiger partial charge >= 0.3 is 0 Å². The van der Waals surface area contributed by atoms with Crippen LogP contribution in [0.3, 0.4) is 0 Å². The largest absolute Gasteiger partial charge is 0.270 e. The van der Waals surface area contributed by atoms with Crippen LogP contribution in [-0.2, 0) is 0 Å². The number of nitrogens with one attached hydrogen (secondary N) is 2. The molecule has 0 fully saturated rings. The van der Waals surface area contributed by atoms with Crippen LogP contribution in [0, 0.1) is 6.92 Å². The van der Waals surface area contributed by atoms with Crippen LogP contribution in [0.5, 0.6) is 0 Å². The van der Waals surface area contributed by atoms with Gasteiger partial charge in [-0.25, -0.2) is 0 Å². The van der Waals surface area contributed by atoms with Gasteiger partial charge in [0.05, 0.1) is 5.56 Å². The smallest absolute Gasteiger partial charge is 0.267 e. The summed E-state index contributed by atoms with van der Waals surface area (Å²) in [5.41, 5.74) is 6.61. The van der Waals surface area contributed by atoms with E-state index in [0.717, 1.165) is 10.0 Å². The molecule has 2 aromatic rings. The maximum Gasteiger partial charge on any atom is 0.270 e. The van der Waals surface area contributed by atoms with Crippen LogP contribution in [0.1, 0.15) is 26.3 Å². The number of aryl methyl sites for hydroxylation is 1. The van der Waals surface area contributed by atoms with Gasteiger partial charge in [0.2, 0.25) is 0 Å². The Balaban J connectivity index is 2.04. The van der Waals surface area contributed by atoms with Crippen molar-refractivity contribution >= 4 is 43.7 Å². The molecule has 0 spiro atoms. The van der Waals surface area contributed by atoms with Crippen LogP contribution in [0.25, 0.3) is 0 Å². The van der Waals surface area contributed by atoms with Crippen LogP contribution in [-0.4, -0.2) is 11.8 Å². The highest BCUT2D eigenvalue weighted by atomic mass is 79.9. The normalized spacial score (nSPS) is 10.0. The van der Waals surface area contributed by atoms with Crippen molar-refractivity contribution in [3.63, 3.8) is 0 Å². The second kappa shape index (κ2) is 6.87. The molecule has 0 saturated heterocycles. The predicted octanol–water partition coefficient (Wildman–Crippen LogP) is 3.59. The molecule has 0 saturated carbocycles. The van der Waals surface area contributed by atoms with Crippen molar-refractivity contribution in [2.45, 2.75) is 6.92 Å². The third-order valence-corrected chi connectivity index (χ3v) is 4.00. The lowest BCUT2D eigenvalue weighted by Crippen LogP contribution is -2.42. The van der Waals surface area contributed by atoms with E-state index in [1.807, 2.05) is 19.1 Å². The number of carbonyl (C=O) groups excluding carboxylic acids is 2. The van der Waals surface area contributed by atoms with Crippen molar-refractivity contribution in [3.8, 4) is 0 Å². The fraction of sp³-hybridized carbons (Fsp3) is 0.0667. The Labute approximate surface area is 139 Å². The van der Waals surface area contributed by atoms with E-state index in [9.17, 15) is 9.59 Å². The maximum absolute atomic E-state index is 12.0. The number of hydrazine groups is 1. The lowest BCUT2D eigenvalue weighted by molar-refractivity contribution is 0.0846. The molecule has 0 atom stereocenters. The number of hydrogen-bond acceptors (Lipinski definition) is 2. The number of rotatable bonds is 2. The zero-order valence-electron chi connectivity index (χ0n) is 11.1. The molecule has 21 heavy (non-hydrogen) atoms. The van der Waals surface area contributed by atoms with E-state index in [1.54, 1.807) is 30.3 Å².